The van der Waals surface area contributed by atoms with Crippen molar-refractivity contribution < 1.29 is 4.57 Å². The fourth-order valence-corrected chi connectivity index (χ4v) is 3.99. The molecule has 3 aromatic carbocycles. The fourth-order valence-electron chi connectivity index (χ4n) is 3.99. The number of nitrogens with zero attached hydrogens (tertiary/aromatic N) is 2. The fraction of sp³-hybridized carbons (Fsp3) is 0.0800. The highest BCUT2D eigenvalue weighted by atomic mass is 15.1. The van der Waals surface area contributed by atoms with Gasteiger partial charge in [-0.15, -0.1) is 0 Å². The molecule has 0 aliphatic heterocycles. The predicted octanol–water partition coefficient (Wildman–Crippen LogP) is 1.91. The third-order valence-electron chi connectivity index (χ3n) is 5.48. The van der Waals surface area contributed by atoms with E-state index in [1.165, 1.54) is 16.4 Å². The van der Waals surface area contributed by atoms with Crippen molar-refractivity contribution in [2.45, 2.75) is 0 Å². The van der Waals surface area contributed by atoms with Gasteiger partial charge in [0, 0.05) is 0 Å². The lowest BCUT2D eigenvalue weighted by molar-refractivity contribution is -0.673. The first-order valence-corrected chi connectivity index (χ1v) is 9.58. The molecule has 0 fully saturated rings. The van der Waals surface area contributed by atoms with Crippen molar-refractivity contribution in [1.82, 2.24) is 4.57 Å². The molecule has 0 saturated heterocycles. The summed E-state index contributed by atoms with van der Waals surface area (Å²) in [5, 5.41) is 0. The molecule has 0 radical (unpaired) electrons. The first-order chi connectivity index (χ1) is 13.7. The van der Waals surface area contributed by atoms with Crippen molar-refractivity contribution in [2.75, 3.05) is 0 Å². The largest absolute Gasteiger partial charge is 0.330 e. The molecular formula is C25H23BN2. The zero-order valence-electron chi connectivity index (χ0n) is 16.3. The smallest absolute Gasteiger partial charge is 0.284 e. The van der Waals surface area contributed by atoms with E-state index >= 15 is 0 Å². The number of benzene rings is 3. The predicted molar refractivity (Wildman–Crippen MR) is 117 cm³/mol. The molecule has 4 rings (SSSR count). The van der Waals surface area contributed by atoms with E-state index in [9.17, 15) is 0 Å². The quantitative estimate of drug-likeness (QED) is 0.299. The molecule has 0 N–H and O–H groups in total. The van der Waals surface area contributed by atoms with E-state index < -0.39 is 6.15 Å². The van der Waals surface area contributed by atoms with Crippen LogP contribution in [-0.2, 0) is 14.1 Å². The van der Waals surface area contributed by atoms with E-state index in [0.29, 0.717) is 0 Å². The number of aromatic nitrogens is 2. The van der Waals surface area contributed by atoms with Gasteiger partial charge in [-0.05, 0) is 5.92 Å². The van der Waals surface area contributed by atoms with Crippen LogP contribution in [0.1, 0.15) is 5.82 Å². The SMILES string of the molecule is Cn1cc[n+](C)c1C#C[B-](c1ccccc1)(c1ccccc1)c1ccccc1. The number of rotatable bonds is 3. The molecule has 0 bridgehead atoms. The monoisotopic (exact) mass is 362 g/mol. The van der Waals surface area contributed by atoms with Crippen LogP contribution in [0, 0.1) is 11.7 Å². The minimum Gasteiger partial charge on any atom is -0.284 e. The normalized spacial score (nSPS) is 10.9. The summed E-state index contributed by atoms with van der Waals surface area (Å²) in [5.41, 5.74) is 3.68. The van der Waals surface area contributed by atoms with Gasteiger partial charge in [0.2, 0.25) is 0 Å². The topological polar surface area (TPSA) is 8.81 Å². The van der Waals surface area contributed by atoms with Crippen molar-refractivity contribution in [3.63, 3.8) is 0 Å². The zero-order valence-corrected chi connectivity index (χ0v) is 16.3. The second kappa shape index (κ2) is 7.62. The molecule has 1 aromatic heterocycles. The highest BCUT2D eigenvalue weighted by molar-refractivity contribution is 7.16. The minimum atomic E-state index is -1.44. The van der Waals surface area contributed by atoms with Crippen molar-refractivity contribution in [1.29, 1.82) is 0 Å². The Morgan fingerprint density at radius 1 is 0.714 bits per heavy atom. The lowest BCUT2D eigenvalue weighted by Gasteiger charge is -2.38. The van der Waals surface area contributed by atoms with E-state index in [2.05, 4.69) is 112 Å². The van der Waals surface area contributed by atoms with Crippen LogP contribution in [0.3, 0.4) is 0 Å². The van der Waals surface area contributed by atoms with E-state index in [0.717, 1.165) is 5.82 Å². The van der Waals surface area contributed by atoms with Crippen LogP contribution in [0.2, 0.25) is 0 Å². The molecule has 0 atom stereocenters. The van der Waals surface area contributed by atoms with Crippen molar-refractivity contribution in [2.24, 2.45) is 14.1 Å². The molecule has 0 unspecified atom stereocenters. The average Bonchev–Trinajstić information content (AvgIpc) is 3.08. The molecular weight excluding hydrogens is 339 g/mol. The molecule has 0 aliphatic rings. The second-order valence-corrected chi connectivity index (χ2v) is 7.21. The third kappa shape index (κ3) is 3.14. The van der Waals surface area contributed by atoms with Crippen LogP contribution in [0.25, 0.3) is 0 Å². The summed E-state index contributed by atoms with van der Waals surface area (Å²) in [7, 11) is 4.07. The highest BCUT2D eigenvalue weighted by Gasteiger charge is 2.28. The van der Waals surface area contributed by atoms with E-state index in [1.807, 2.05) is 26.5 Å². The molecule has 0 aliphatic carbocycles. The van der Waals surface area contributed by atoms with Crippen molar-refractivity contribution >= 4 is 22.5 Å². The van der Waals surface area contributed by atoms with Crippen LogP contribution in [0.5, 0.6) is 0 Å². The first-order valence-electron chi connectivity index (χ1n) is 9.58. The van der Waals surface area contributed by atoms with E-state index in [4.69, 9.17) is 0 Å². The maximum atomic E-state index is 3.74. The van der Waals surface area contributed by atoms with Gasteiger partial charge in [-0.3, -0.25) is 5.82 Å². The molecule has 0 saturated carbocycles. The summed E-state index contributed by atoms with van der Waals surface area (Å²) in [6.45, 7) is 0. The number of aryl methyl sites for hydroxylation is 2. The standard InChI is InChI=1S/C25H23BN2/c1-27-20-21-28(2)25(27)18-19-26(22-12-6-3-7-13-22,23-14-8-4-9-15-23)24-16-10-5-11-17-24/h3-17,20-21H,1-2H3. The van der Waals surface area contributed by atoms with Gasteiger partial charge in [0.25, 0.3) is 0 Å². The van der Waals surface area contributed by atoms with E-state index in [-0.39, 0.29) is 0 Å². The Bertz CT molecular complexity index is 1000. The minimum absolute atomic E-state index is 0.981. The molecule has 136 valence electrons. The lowest BCUT2D eigenvalue weighted by atomic mass is 9.16. The molecule has 0 amide bonds. The molecule has 3 heteroatoms. The number of imidazole rings is 1. The Balaban J connectivity index is 2.05. The molecule has 28 heavy (non-hydrogen) atoms. The van der Waals surface area contributed by atoms with Gasteiger partial charge in [-0.2, -0.15) is 16.4 Å². The Morgan fingerprint density at radius 2 is 1.14 bits per heavy atom. The van der Waals surface area contributed by atoms with Crippen LogP contribution < -0.4 is 21.0 Å². The van der Waals surface area contributed by atoms with Gasteiger partial charge in [0.1, 0.15) is 18.5 Å². The van der Waals surface area contributed by atoms with Gasteiger partial charge >= 0.3 is 5.82 Å². The van der Waals surface area contributed by atoms with E-state index in [1.54, 1.807) is 0 Å². The van der Waals surface area contributed by atoms with Gasteiger partial charge in [0.15, 0.2) is 0 Å². The molecule has 0 spiro atoms. The van der Waals surface area contributed by atoms with Crippen molar-refractivity contribution in [3.8, 4) is 11.7 Å². The Morgan fingerprint density at radius 3 is 1.50 bits per heavy atom. The summed E-state index contributed by atoms with van der Waals surface area (Å²) in [6.07, 6.45) is 2.63. The summed E-state index contributed by atoms with van der Waals surface area (Å²) in [4.78, 5) is 0. The van der Waals surface area contributed by atoms with Gasteiger partial charge in [0.05, 0.1) is 14.1 Å². The lowest BCUT2D eigenvalue weighted by Crippen LogP contribution is -2.66. The van der Waals surface area contributed by atoms with Crippen LogP contribution in [0.4, 0.5) is 0 Å². The molecule has 4 aromatic rings. The zero-order chi connectivity index (χ0) is 19.4. The summed E-state index contributed by atoms with van der Waals surface area (Å²) < 4.78 is 4.13. The summed E-state index contributed by atoms with van der Waals surface area (Å²) in [6, 6.07) is 31.9. The third-order valence-corrected chi connectivity index (χ3v) is 5.48. The maximum absolute atomic E-state index is 3.74. The van der Waals surface area contributed by atoms with Gasteiger partial charge in [-0.25, -0.2) is 9.13 Å². The molecule has 1 heterocycles. The Kier molecular flexibility index (Phi) is 4.87. The maximum Gasteiger partial charge on any atom is 0.330 e. The van der Waals surface area contributed by atoms with Crippen LogP contribution in [0.15, 0.2) is 103 Å². The number of hydrogen-bond acceptors (Lipinski definition) is 0. The van der Waals surface area contributed by atoms with Crippen LogP contribution in [-0.4, -0.2) is 10.7 Å². The Labute approximate surface area is 167 Å². The van der Waals surface area contributed by atoms with Crippen LogP contribution >= 0.6 is 0 Å². The molecule has 2 nitrogen and oxygen atoms in total. The average molecular weight is 362 g/mol. The van der Waals surface area contributed by atoms with Gasteiger partial charge in [-0.1, -0.05) is 91.0 Å². The number of hydrogen-bond donors (Lipinski definition) is 0. The van der Waals surface area contributed by atoms with Crippen molar-refractivity contribution in [3.05, 3.63) is 109 Å². The first kappa shape index (κ1) is 17.9. The highest BCUT2D eigenvalue weighted by Crippen LogP contribution is 2.07. The van der Waals surface area contributed by atoms with Gasteiger partial charge < -0.3 is 0 Å². The summed E-state index contributed by atoms with van der Waals surface area (Å²) >= 11 is 0. The second-order valence-electron chi connectivity index (χ2n) is 7.21. The summed E-state index contributed by atoms with van der Waals surface area (Å²) in [5.74, 6) is 8.22. The Hall–Kier alpha value is -3.51.